The molecule has 0 aliphatic rings. The van der Waals surface area contributed by atoms with Gasteiger partial charge in [0, 0.05) is 37.1 Å². The van der Waals surface area contributed by atoms with Crippen LogP contribution in [0.1, 0.15) is 20.8 Å². The number of hydrogen-bond donors (Lipinski definition) is 1. The van der Waals surface area contributed by atoms with E-state index in [1.54, 1.807) is 37.1 Å². The molecule has 0 unspecified atom stereocenters. The monoisotopic (exact) mass is 454 g/mol. The van der Waals surface area contributed by atoms with Gasteiger partial charge in [-0.05, 0) is 25.1 Å². The first kappa shape index (κ1) is 24.6. The number of nitriles is 1. The first-order valence-corrected chi connectivity index (χ1v) is 10.8. The van der Waals surface area contributed by atoms with Gasteiger partial charge in [0.05, 0.1) is 0 Å². The Morgan fingerprint density at radius 1 is 1.41 bits per heavy atom. The number of nitrogens with one attached hydrogen (secondary N) is 1. The maximum absolute atomic E-state index is 12.8. The van der Waals surface area contributed by atoms with Crippen LogP contribution in [0.25, 0.3) is 11.8 Å². The summed E-state index contributed by atoms with van der Waals surface area (Å²) in [6.45, 7) is 9.15. The zero-order valence-electron chi connectivity index (χ0n) is 18.5. The molecular formula is C23H26N4O4S. The predicted molar refractivity (Wildman–Crippen MR) is 126 cm³/mol. The van der Waals surface area contributed by atoms with E-state index in [1.165, 1.54) is 16.8 Å². The predicted octanol–water partition coefficient (Wildman–Crippen LogP) is 1.80. The molecule has 2 aromatic rings. The molecule has 1 aromatic heterocycles. The van der Waals surface area contributed by atoms with Crippen molar-refractivity contribution in [1.29, 1.82) is 5.26 Å². The van der Waals surface area contributed by atoms with Crippen molar-refractivity contribution in [2.45, 2.75) is 27.3 Å². The van der Waals surface area contributed by atoms with Gasteiger partial charge < -0.3 is 15.0 Å². The molecule has 1 heterocycles. The average molecular weight is 455 g/mol. The van der Waals surface area contributed by atoms with E-state index in [9.17, 15) is 19.6 Å². The van der Waals surface area contributed by atoms with Crippen molar-refractivity contribution in [3.63, 3.8) is 0 Å². The Kier molecular flexibility index (Phi) is 8.55. The van der Waals surface area contributed by atoms with E-state index in [-0.39, 0.29) is 40.8 Å². The standard InChI is InChI=1S/C23H26N4O4S/c1-6-11-31-23(30)18(13-24)22-27(7-2)21(29)19(32-22)14-25-16-9-8-10-17(12-16)26(5)20(28)15(3)4/h6,8-10,12,14-15,25H,1,7,11H2,2-5H3. The zero-order chi connectivity index (χ0) is 23.8. The second-order valence-electron chi connectivity index (χ2n) is 7.09. The number of nitrogens with zero attached hydrogens (tertiary/aromatic N) is 3. The van der Waals surface area contributed by atoms with Crippen molar-refractivity contribution < 1.29 is 14.3 Å². The van der Waals surface area contributed by atoms with Gasteiger partial charge in [0.2, 0.25) is 5.91 Å². The van der Waals surface area contributed by atoms with Gasteiger partial charge in [-0.1, -0.05) is 32.6 Å². The van der Waals surface area contributed by atoms with Crippen LogP contribution in [0.15, 0.2) is 41.7 Å². The largest absolute Gasteiger partial charge is 0.457 e. The number of hydrogen-bond acceptors (Lipinski definition) is 7. The van der Waals surface area contributed by atoms with Crippen molar-refractivity contribution in [2.24, 2.45) is 5.92 Å². The van der Waals surface area contributed by atoms with E-state index in [4.69, 9.17) is 4.74 Å². The van der Waals surface area contributed by atoms with Gasteiger partial charge in [-0.25, -0.2) is 4.79 Å². The topological polar surface area (TPSA) is 104 Å². The highest BCUT2D eigenvalue weighted by Gasteiger charge is 2.17. The third-order valence-electron chi connectivity index (χ3n) is 4.51. The molecule has 9 heteroatoms. The summed E-state index contributed by atoms with van der Waals surface area (Å²) in [4.78, 5) is 38.8. The summed E-state index contributed by atoms with van der Waals surface area (Å²) < 4.78 is 6.88. The third-order valence-corrected chi connectivity index (χ3v) is 5.64. The molecule has 0 bridgehead atoms. The lowest BCUT2D eigenvalue weighted by atomic mass is 10.1. The fraction of sp³-hybridized carbons (Fsp3) is 0.304. The highest BCUT2D eigenvalue weighted by Crippen LogP contribution is 2.20. The minimum absolute atomic E-state index is 0.0113. The molecule has 0 atom stereocenters. The number of aromatic nitrogens is 1. The van der Waals surface area contributed by atoms with Crippen molar-refractivity contribution in [2.75, 3.05) is 23.9 Å². The van der Waals surface area contributed by atoms with Gasteiger partial charge in [-0.3, -0.25) is 14.2 Å². The van der Waals surface area contributed by atoms with Crippen molar-refractivity contribution in [3.8, 4) is 6.07 Å². The lowest BCUT2D eigenvalue weighted by Crippen LogP contribution is -2.32. The van der Waals surface area contributed by atoms with Crippen LogP contribution in [0.5, 0.6) is 0 Å². The van der Waals surface area contributed by atoms with Crippen LogP contribution in [0.2, 0.25) is 0 Å². The van der Waals surface area contributed by atoms with Crippen LogP contribution < -0.4 is 25.0 Å². The van der Waals surface area contributed by atoms with Crippen molar-refractivity contribution in [3.05, 3.63) is 56.5 Å². The van der Waals surface area contributed by atoms with Gasteiger partial charge in [-0.15, -0.1) is 11.3 Å². The van der Waals surface area contributed by atoms with Crippen LogP contribution >= 0.6 is 11.3 Å². The number of anilines is 2. The average Bonchev–Trinajstić information content (AvgIpc) is 3.10. The van der Waals surface area contributed by atoms with Gasteiger partial charge in [0.15, 0.2) is 5.57 Å². The molecule has 0 saturated carbocycles. The Morgan fingerprint density at radius 2 is 2.12 bits per heavy atom. The number of benzene rings is 1. The van der Waals surface area contributed by atoms with Crippen molar-refractivity contribution >= 4 is 46.4 Å². The smallest absolute Gasteiger partial charge is 0.352 e. The number of ether oxygens (including phenoxy) is 1. The Labute approximate surface area is 190 Å². The summed E-state index contributed by atoms with van der Waals surface area (Å²) in [5, 5.41) is 12.5. The number of thiazole rings is 1. The summed E-state index contributed by atoms with van der Waals surface area (Å²) in [6.07, 6.45) is 2.92. The SMILES string of the molecule is C=CCOC(=O)C(C#N)=c1sc(=CNc2cccc(N(C)C(=O)C(C)C)c2)c(=O)n1CC. The van der Waals surface area contributed by atoms with Crippen LogP contribution in [0.3, 0.4) is 0 Å². The van der Waals surface area contributed by atoms with E-state index in [1.807, 2.05) is 26.0 Å². The molecule has 1 aromatic carbocycles. The van der Waals surface area contributed by atoms with Gasteiger partial charge in [-0.2, -0.15) is 5.26 Å². The van der Waals surface area contributed by atoms with E-state index < -0.39 is 5.97 Å². The molecule has 1 amide bonds. The van der Waals surface area contributed by atoms with Crippen molar-refractivity contribution in [1.82, 2.24) is 4.57 Å². The van der Waals surface area contributed by atoms with Crippen LogP contribution in [0.4, 0.5) is 11.4 Å². The number of carbonyl (C=O) groups is 2. The first-order valence-electron chi connectivity index (χ1n) is 10.0. The van der Waals surface area contributed by atoms with Crippen LogP contribution in [0, 0.1) is 17.2 Å². The molecule has 32 heavy (non-hydrogen) atoms. The number of carbonyl (C=O) groups excluding carboxylic acids is 2. The number of rotatable bonds is 8. The fourth-order valence-corrected chi connectivity index (χ4v) is 3.92. The molecule has 2 rings (SSSR count). The Morgan fingerprint density at radius 3 is 2.72 bits per heavy atom. The minimum Gasteiger partial charge on any atom is -0.457 e. The first-order chi connectivity index (χ1) is 15.2. The lowest BCUT2D eigenvalue weighted by molar-refractivity contribution is -0.135. The molecule has 0 radical (unpaired) electrons. The molecular weight excluding hydrogens is 428 g/mol. The molecule has 0 fully saturated rings. The highest BCUT2D eigenvalue weighted by atomic mass is 32.1. The Hall–Kier alpha value is -3.64. The third kappa shape index (κ3) is 5.53. The maximum Gasteiger partial charge on any atom is 0.352 e. The summed E-state index contributed by atoms with van der Waals surface area (Å²) >= 11 is 1.03. The molecule has 0 saturated heterocycles. The molecule has 0 spiro atoms. The normalized spacial score (nSPS) is 12.2. The van der Waals surface area contributed by atoms with E-state index in [2.05, 4.69) is 11.9 Å². The summed E-state index contributed by atoms with van der Waals surface area (Å²) in [5.41, 5.74) is 0.835. The number of amides is 1. The maximum atomic E-state index is 12.8. The zero-order valence-corrected chi connectivity index (χ0v) is 19.4. The summed E-state index contributed by atoms with van der Waals surface area (Å²) in [7, 11) is 1.71. The number of esters is 1. The van der Waals surface area contributed by atoms with Crippen LogP contribution in [-0.4, -0.2) is 30.1 Å². The summed E-state index contributed by atoms with van der Waals surface area (Å²) in [6, 6.07) is 9.07. The van der Waals surface area contributed by atoms with Gasteiger partial charge >= 0.3 is 5.97 Å². The molecule has 8 nitrogen and oxygen atoms in total. The molecule has 1 N–H and O–H groups in total. The molecule has 168 valence electrons. The second kappa shape index (κ2) is 11.1. The second-order valence-corrected chi connectivity index (χ2v) is 8.12. The van der Waals surface area contributed by atoms with E-state index >= 15 is 0 Å². The van der Waals surface area contributed by atoms with E-state index in [0.717, 1.165) is 11.3 Å². The fourth-order valence-electron chi connectivity index (χ4n) is 2.85. The minimum atomic E-state index is -0.805. The Bertz CT molecular complexity index is 1230. The highest BCUT2D eigenvalue weighted by molar-refractivity contribution is 7.07. The Balaban J connectivity index is 2.46. The van der Waals surface area contributed by atoms with Gasteiger partial charge in [0.1, 0.15) is 21.9 Å². The summed E-state index contributed by atoms with van der Waals surface area (Å²) in [5.74, 6) is -0.951. The lowest BCUT2D eigenvalue weighted by Gasteiger charge is -2.20. The van der Waals surface area contributed by atoms with Gasteiger partial charge in [0.25, 0.3) is 5.56 Å². The molecule has 0 aliphatic carbocycles. The molecule has 0 aliphatic heterocycles. The van der Waals surface area contributed by atoms with Crippen LogP contribution in [-0.2, 0) is 20.9 Å². The van der Waals surface area contributed by atoms with E-state index in [0.29, 0.717) is 15.9 Å². The quantitative estimate of drug-likeness (QED) is 0.482.